The van der Waals surface area contributed by atoms with Crippen molar-refractivity contribution in [2.45, 2.75) is 77.0 Å². The number of nitrogens with zero attached hydrogens (tertiary/aromatic N) is 2. The number of hydrogen-bond acceptors (Lipinski definition) is 7. The molecule has 2 aliphatic heterocycles. The molecular weight excluding hydrogens is 705 g/mol. The van der Waals surface area contributed by atoms with Crippen LogP contribution in [-0.4, -0.2) is 77.0 Å². The molecular formula is C39H49N2O9S2+. The second-order valence-electron chi connectivity index (χ2n) is 14.9. The Bertz CT molecular complexity index is 2110. The van der Waals surface area contributed by atoms with Crippen LogP contribution in [0.3, 0.4) is 0 Å². The van der Waals surface area contributed by atoms with Crippen molar-refractivity contribution >= 4 is 43.3 Å². The van der Waals surface area contributed by atoms with Gasteiger partial charge in [-0.2, -0.15) is 21.4 Å². The van der Waals surface area contributed by atoms with Crippen LogP contribution in [-0.2, 0) is 35.9 Å². The van der Waals surface area contributed by atoms with E-state index in [0.29, 0.717) is 37.1 Å². The van der Waals surface area contributed by atoms with Crippen LogP contribution in [0.2, 0.25) is 0 Å². The number of aliphatic hydroxyl groups is 1. The molecule has 2 heterocycles. The van der Waals surface area contributed by atoms with E-state index in [9.17, 15) is 40.9 Å². The fourth-order valence-electron chi connectivity index (χ4n) is 7.70. The topological polar surface area (TPSA) is 173 Å². The molecule has 0 radical (unpaired) electrons. The first-order valence-electron chi connectivity index (χ1n) is 17.6. The quantitative estimate of drug-likeness (QED) is 0.0906. The molecule has 280 valence electrons. The summed E-state index contributed by atoms with van der Waals surface area (Å²) < 4.78 is 65.9. The predicted octanol–water partition coefficient (Wildman–Crippen LogP) is 6.87. The Hall–Kier alpha value is -4.04. The van der Waals surface area contributed by atoms with Crippen molar-refractivity contribution in [1.82, 2.24) is 0 Å². The molecule has 1 unspecified atom stereocenters. The molecule has 1 aliphatic carbocycles. The first-order chi connectivity index (χ1) is 24.3. The molecule has 2 aromatic rings. The summed E-state index contributed by atoms with van der Waals surface area (Å²) in [4.78, 5) is 14.5. The number of carboxylic acids is 1. The maximum absolute atomic E-state index is 12.4. The zero-order valence-electron chi connectivity index (χ0n) is 30.1. The van der Waals surface area contributed by atoms with Crippen molar-refractivity contribution < 1.29 is 45.5 Å². The summed E-state index contributed by atoms with van der Waals surface area (Å²) in [5, 5.41) is 21.8. The molecule has 1 atom stereocenters. The van der Waals surface area contributed by atoms with Gasteiger partial charge in [0.25, 0.3) is 20.2 Å². The highest BCUT2D eigenvalue weighted by molar-refractivity contribution is 7.86. The summed E-state index contributed by atoms with van der Waals surface area (Å²) in [6, 6.07) is 15.9. The third-order valence-electron chi connectivity index (χ3n) is 10.4. The van der Waals surface area contributed by atoms with Gasteiger partial charge in [-0.25, -0.2) is 0 Å². The van der Waals surface area contributed by atoms with Crippen LogP contribution in [0.1, 0.15) is 77.3 Å². The van der Waals surface area contributed by atoms with Crippen LogP contribution in [0.5, 0.6) is 0 Å². The molecule has 0 saturated carbocycles. The summed E-state index contributed by atoms with van der Waals surface area (Å²) in [5.74, 6) is -2.36. The van der Waals surface area contributed by atoms with Crippen molar-refractivity contribution in [2.24, 2.45) is 5.92 Å². The lowest BCUT2D eigenvalue weighted by Gasteiger charge is -2.27. The van der Waals surface area contributed by atoms with Gasteiger partial charge in [-0.05, 0) is 80.9 Å². The zero-order valence-corrected chi connectivity index (χ0v) is 31.8. The molecule has 0 spiro atoms. The van der Waals surface area contributed by atoms with E-state index in [1.807, 2.05) is 60.7 Å². The maximum Gasteiger partial charge on any atom is 0.307 e. The summed E-state index contributed by atoms with van der Waals surface area (Å²) in [6.07, 6.45) is 9.27. The van der Waals surface area contributed by atoms with Crippen molar-refractivity contribution in [3.8, 4) is 0 Å². The van der Waals surface area contributed by atoms with E-state index < -0.39 is 43.0 Å². The van der Waals surface area contributed by atoms with Gasteiger partial charge in [-0.1, -0.05) is 56.3 Å². The number of unbranched alkanes of at least 4 members (excludes halogenated alkanes) is 2. The first-order valence-corrected chi connectivity index (χ1v) is 20.8. The van der Waals surface area contributed by atoms with E-state index in [1.165, 1.54) is 0 Å². The normalized spacial score (nSPS) is 21.4. The van der Waals surface area contributed by atoms with Gasteiger partial charge >= 0.3 is 5.97 Å². The van der Waals surface area contributed by atoms with Gasteiger partial charge < -0.3 is 15.1 Å². The van der Waals surface area contributed by atoms with Gasteiger partial charge in [-0.3, -0.25) is 13.9 Å². The van der Waals surface area contributed by atoms with Gasteiger partial charge in [0.2, 0.25) is 5.69 Å². The summed E-state index contributed by atoms with van der Waals surface area (Å²) >= 11 is 0. The number of anilines is 1. The third-order valence-corrected chi connectivity index (χ3v) is 12.1. The van der Waals surface area contributed by atoms with Crippen molar-refractivity contribution in [3.05, 3.63) is 107 Å². The molecule has 13 heteroatoms. The summed E-state index contributed by atoms with van der Waals surface area (Å²) in [7, 11) is -8.14. The number of allylic oxidation sites excluding steroid dienone is 7. The summed E-state index contributed by atoms with van der Waals surface area (Å²) in [5.41, 5.74) is 6.08. The maximum atomic E-state index is 12.4. The molecule has 3 aliphatic rings. The first kappa shape index (κ1) is 39.2. The number of carboxylic acid groups (broad SMARTS) is 1. The van der Waals surface area contributed by atoms with Crippen LogP contribution >= 0.6 is 0 Å². The minimum absolute atomic E-state index is 0.0206. The Morgan fingerprint density at radius 2 is 1.44 bits per heavy atom. The third kappa shape index (κ3) is 8.60. The predicted molar refractivity (Wildman–Crippen MR) is 203 cm³/mol. The number of fused-ring (bicyclic) bond motifs is 2. The molecule has 0 amide bonds. The number of aliphatic carboxylic acids is 1. The molecule has 5 rings (SSSR count). The lowest BCUT2D eigenvalue weighted by molar-refractivity contribution is -0.438. The molecule has 0 saturated heterocycles. The van der Waals surface area contributed by atoms with Crippen LogP contribution in [0.15, 0.2) is 95.4 Å². The van der Waals surface area contributed by atoms with Crippen LogP contribution < -0.4 is 4.90 Å². The van der Waals surface area contributed by atoms with Crippen LogP contribution in [0.4, 0.5) is 11.4 Å². The van der Waals surface area contributed by atoms with E-state index >= 15 is 0 Å². The standard InChI is InChI=1S/C39H48N2O9S2/c1-38(2)30-13-5-7-15-32(30)40(21-9-11-23-51(45,46)47)34(38)19-17-27-25-29(37(43)44)26-28(36(27)42)18-20-35-39(3,4)31-14-6-8-16-33(31)41(35)22-10-12-24-52(48,49)50/h5-8,13-20,29H,9-12,21-26H2,1-4H3,(H3,43,44,45,46,47,48,49,50)/p+1/b27-17+,34-19+. The Morgan fingerprint density at radius 3 is 2.10 bits per heavy atom. The minimum atomic E-state index is -4.07. The highest BCUT2D eigenvalue weighted by Crippen LogP contribution is 2.48. The highest BCUT2D eigenvalue weighted by atomic mass is 32.2. The molecule has 2 aromatic carbocycles. The van der Waals surface area contributed by atoms with Crippen molar-refractivity contribution in [2.75, 3.05) is 29.5 Å². The Balaban J connectivity index is 1.51. The van der Waals surface area contributed by atoms with Gasteiger partial charge in [0.1, 0.15) is 12.3 Å². The number of hydrogen-bond donors (Lipinski definition) is 4. The molecule has 52 heavy (non-hydrogen) atoms. The average Bonchev–Trinajstić information content (AvgIpc) is 3.41. The number of para-hydroxylation sites is 2. The number of rotatable bonds is 14. The summed E-state index contributed by atoms with van der Waals surface area (Å²) in [6.45, 7) is 9.36. The number of aliphatic hydroxyl groups excluding tert-OH is 1. The fourth-order valence-corrected chi connectivity index (χ4v) is 8.84. The molecule has 11 nitrogen and oxygen atoms in total. The highest BCUT2D eigenvalue weighted by Gasteiger charge is 2.44. The van der Waals surface area contributed by atoms with Crippen LogP contribution in [0.25, 0.3) is 0 Å². The Kier molecular flexibility index (Phi) is 11.4. The SMILES string of the molecule is CC1(C)C(/C=C/C2=C(O)C(=C/C=C3/N(CCCCS(=O)(=O)O)c4ccccc4C3(C)C)/CC(C(=O)O)C2)=[N+](CCCCS(=O)(=O)O)c2ccccc21. The zero-order chi connectivity index (χ0) is 38.1. The van der Waals surface area contributed by atoms with Crippen LogP contribution in [0, 0.1) is 5.92 Å². The molecule has 0 aromatic heterocycles. The lowest BCUT2D eigenvalue weighted by Crippen LogP contribution is -2.28. The van der Waals surface area contributed by atoms with Gasteiger partial charge in [0.05, 0.1) is 22.8 Å². The van der Waals surface area contributed by atoms with Gasteiger partial charge in [-0.15, -0.1) is 0 Å². The number of benzene rings is 2. The van der Waals surface area contributed by atoms with E-state index in [-0.39, 0.29) is 42.9 Å². The largest absolute Gasteiger partial charge is 0.507 e. The fraction of sp³-hybridized carbons (Fsp3) is 0.436. The minimum Gasteiger partial charge on any atom is -0.507 e. The van der Waals surface area contributed by atoms with E-state index in [2.05, 4.69) is 37.2 Å². The monoisotopic (exact) mass is 753 g/mol. The van der Waals surface area contributed by atoms with E-state index in [4.69, 9.17) is 0 Å². The smallest absolute Gasteiger partial charge is 0.307 e. The molecule has 0 fully saturated rings. The van der Waals surface area contributed by atoms with Crippen molar-refractivity contribution in [3.63, 3.8) is 0 Å². The average molecular weight is 754 g/mol. The Morgan fingerprint density at radius 1 is 0.827 bits per heavy atom. The second kappa shape index (κ2) is 15.1. The molecule has 0 bridgehead atoms. The van der Waals surface area contributed by atoms with Gasteiger partial charge in [0.15, 0.2) is 5.71 Å². The second-order valence-corrected chi connectivity index (χ2v) is 18.0. The molecule has 4 N–H and O–H groups in total. The Labute approximate surface area is 306 Å². The van der Waals surface area contributed by atoms with Crippen molar-refractivity contribution in [1.29, 1.82) is 0 Å². The van der Waals surface area contributed by atoms with E-state index in [0.717, 1.165) is 33.9 Å². The van der Waals surface area contributed by atoms with Gasteiger partial charge in [0, 0.05) is 47.5 Å². The number of carbonyl (C=O) groups is 1. The lowest BCUT2D eigenvalue weighted by atomic mass is 9.80. The van der Waals surface area contributed by atoms with E-state index in [1.54, 1.807) is 12.2 Å².